The molecule has 8 nitrogen and oxygen atoms in total. The zero-order valence-electron chi connectivity index (χ0n) is 23.7. The highest BCUT2D eigenvalue weighted by Crippen LogP contribution is 2.51. The first-order valence-corrected chi connectivity index (χ1v) is 14.8. The molecule has 0 unspecified atom stereocenters. The van der Waals surface area contributed by atoms with Crippen LogP contribution in [0.15, 0.2) is 52.5 Å². The molecule has 4 aromatic rings. The highest BCUT2D eigenvalue weighted by Gasteiger charge is 2.35. The maximum absolute atomic E-state index is 15.7. The Kier molecular flexibility index (Phi) is 8.52. The van der Waals surface area contributed by atoms with Gasteiger partial charge in [-0.05, 0) is 64.8 Å². The van der Waals surface area contributed by atoms with Gasteiger partial charge in [-0.3, -0.25) is 4.68 Å². The third-order valence-electron chi connectivity index (χ3n) is 6.53. The molecule has 222 valence electrons. The van der Waals surface area contributed by atoms with Gasteiger partial charge in [0.25, 0.3) is 0 Å². The molecular weight excluding hydrogens is 586 g/mol. The molecule has 0 saturated heterocycles. The lowest BCUT2D eigenvalue weighted by molar-refractivity contribution is 0.0512. The number of hydrogen-bond acceptors (Lipinski definition) is 6. The van der Waals surface area contributed by atoms with Crippen LogP contribution in [0, 0.1) is 11.6 Å². The molecule has 2 heterocycles. The van der Waals surface area contributed by atoms with Crippen molar-refractivity contribution in [3.05, 3.63) is 70.6 Å². The second-order valence-electron chi connectivity index (χ2n) is 10.9. The number of alkyl carbamates (subject to hydrolysis) is 1. The maximum Gasteiger partial charge on any atom is 0.407 e. The minimum absolute atomic E-state index is 0.0374. The van der Waals surface area contributed by atoms with Crippen molar-refractivity contribution in [3.8, 4) is 5.69 Å². The Hall–Kier alpha value is -3.57. The van der Waals surface area contributed by atoms with Crippen molar-refractivity contribution in [2.45, 2.75) is 68.4 Å². The summed E-state index contributed by atoms with van der Waals surface area (Å²) in [6, 6.07) is 7.79. The van der Waals surface area contributed by atoms with Gasteiger partial charge in [-0.15, -0.1) is 0 Å². The highest BCUT2D eigenvalue weighted by atomic mass is 35.5. The average molecular weight is 617 g/mol. The Labute approximate surface area is 251 Å². The van der Waals surface area contributed by atoms with E-state index in [4.69, 9.17) is 21.1 Å². The van der Waals surface area contributed by atoms with Gasteiger partial charge in [0.2, 0.25) is 0 Å². The predicted molar refractivity (Wildman–Crippen MR) is 157 cm³/mol. The van der Waals surface area contributed by atoms with Crippen molar-refractivity contribution in [2.75, 3.05) is 13.2 Å². The number of halogens is 3. The third kappa shape index (κ3) is 6.27. The van der Waals surface area contributed by atoms with Gasteiger partial charge in [-0.1, -0.05) is 29.4 Å². The van der Waals surface area contributed by atoms with Crippen molar-refractivity contribution in [1.29, 1.82) is 0 Å². The third-order valence-corrected chi connectivity index (χ3v) is 7.99. The quantitative estimate of drug-likeness (QED) is 0.196. The van der Waals surface area contributed by atoms with E-state index in [1.807, 2.05) is 0 Å². The molecule has 1 fully saturated rings. The van der Waals surface area contributed by atoms with Crippen LogP contribution in [0.2, 0.25) is 5.02 Å². The number of amides is 1. The SMILES string of the molecule is CCOC(=O)c1cccc(Sc2c(C3CC3)n(-c3cnn(CCNC(=O)OC(C)(C)C)c3)c3c(F)c(Cl)ccc23)c1F. The topological polar surface area (TPSA) is 87.4 Å². The summed E-state index contributed by atoms with van der Waals surface area (Å²) in [5, 5.41) is 7.67. The summed E-state index contributed by atoms with van der Waals surface area (Å²) >= 11 is 7.39. The van der Waals surface area contributed by atoms with E-state index >= 15 is 8.78 Å². The molecule has 2 aromatic heterocycles. The molecule has 1 aliphatic rings. The normalized spacial score (nSPS) is 13.4. The van der Waals surface area contributed by atoms with E-state index in [2.05, 4.69) is 10.4 Å². The van der Waals surface area contributed by atoms with Crippen LogP contribution in [0.25, 0.3) is 16.6 Å². The molecule has 0 atom stereocenters. The number of esters is 1. The second-order valence-corrected chi connectivity index (χ2v) is 12.4. The molecule has 0 spiro atoms. The van der Waals surface area contributed by atoms with E-state index in [0.29, 0.717) is 22.5 Å². The maximum atomic E-state index is 15.7. The Morgan fingerprint density at radius 3 is 2.62 bits per heavy atom. The van der Waals surface area contributed by atoms with Crippen LogP contribution in [0.5, 0.6) is 0 Å². The molecule has 12 heteroatoms. The summed E-state index contributed by atoms with van der Waals surface area (Å²) in [7, 11) is 0. The average Bonchev–Trinajstić information content (AvgIpc) is 3.56. The lowest BCUT2D eigenvalue weighted by Crippen LogP contribution is -2.34. The number of nitrogens with one attached hydrogen (secondary N) is 1. The van der Waals surface area contributed by atoms with Crippen LogP contribution in [0.4, 0.5) is 13.6 Å². The molecular formula is C30H31ClF2N4O4S. The summed E-state index contributed by atoms with van der Waals surface area (Å²) < 4.78 is 45.0. The Morgan fingerprint density at radius 1 is 1.17 bits per heavy atom. The van der Waals surface area contributed by atoms with Gasteiger partial charge >= 0.3 is 12.1 Å². The van der Waals surface area contributed by atoms with E-state index in [9.17, 15) is 9.59 Å². The molecule has 2 aromatic carbocycles. The van der Waals surface area contributed by atoms with Crippen LogP contribution < -0.4 is 5.32 Å². The van der Waals surface area contributed by atoms with Crippen LogP contribution in [0.1, 0.15) is 62.5 Å². The number of carbonyl (C=O) groups is 2. The van der Waals surface area contributed by atoms with E-state index < -0.39 is 29.3 Å². The number of nitrogens with zero attached hydrogens (tertiary/aromatic N) is 3. The number of benzene rings is 2. The zero-order chi connectivity index (χ0) is 30.2. The van der Waals surface area contributed by atoms with Gasteiger partial charge in [0.15, 0.2) is 11.6 Å². The number of rotatable bonds is 9. The van der Waals surface area contributed by atoms with Crippen LogP contribution in [-0.2, 0) is 16.0 Å². The highest BCUT2D eigenvalue weighted by molar-refractivity contribution is 7.99. The first-order chi connectivity index (χ1) is 20.0. The Morgan fingerprint density at radius 2 is 1.93 bits per heavy atom. The molecule has 1 aliphatic carbocycles. The lowest BCUT2D eigenvalue weighted by atomic mass is 10.2. The van der Waals surface area contributed by atoms with Crippen molar-refractivity contribution >= 4 is 46.3 Å². The summed E-state index contributed by atoms with van der Waals surface area (Å²) in [5.41, 5.74) is 0.924. The van der Waals surface area contributed by atoms with Crippen molar-refractivity contribution < 1.29 is 27.8 Å². The molecule has 1 N–H and O–H groups in total. The van der Waals surface area contributed by atoms with Gasteiger partial charge in [0, 0.05) is 39.5 Å². The van der Waals surface area contributed by atoms with E-state index in [1.165, 1.54) is 12.1 Å². The van der Waals surface area contributed by atoms with Crippen LogP contribution in [-0.4, -0.2) is 45.2 Å². The second kappa shape index (κ2) is 12.0. The van der Waals surface area contributed by atoms with E-state index in [0.717, 1.165) is 30.3 Å². The molecule has 0 bridgehead atoms. The molecule has 42 heavy (non-hydrogen) atoms. The minimum atomic E-state index is -0.742. The number of hydrogen-bond donors (Lipinski definition) is 1. The summed E-state index contributed by atoms with van der Waals surface area (Å²) in [6.45, 7) is 7.77. The number of aromatic nitrogens is 3. The largest absolute Gasteiger partial charge is 0.462 e. The molecule has 0 aliphatic heterocycles. The van der Waals surface area contributed by atoms with Crippen molar-refractivity contribution in [3.63, 3.8) is 0 Å². The van der Waals surface area contributed by atoms with Crippen LogP contribution in [0.3, 0.4) is 0 Å². The van der Waals surface area contributed by atoms with Crippen LogP contribution >= 0.6 is 23.4 Å². The minimum Gasteiger partial charge on any atom is -0.462 e. The van der Waals surface area contributed by atoms with Gasteiger partial charge < -0.3 is 19.4 Å². The fourth-order valence-corrected chi connectivity index (χ4v) is 6.00. The molecule has 5 rings (SSSR count). The number of carbonyl (C=O) groups excluding carboxylic acids is 2. The smallest absolute Gasteiger partial charge is 0.407 e. The van der Waals surface area contributed by atoms with E-state index in [1.54, 1.807) is 67.5 Å². The summed E-state index contributed by atoms with van der Waals surface area (Å²) in [5.74, 6) is -1.91. The molecule has 1 amide bonds. The van der Waals surface area contributed by atoms with Gasteiger partial charge in [-0.2, -0.15) is 5.10 Å². The van der Waals surface area contributed by atoms with Crippen molar-refractivity contribution in [1.82, 2.24) is 19.7 Å². The summed E-state index contributed by atoms with van der Waals surface area (Å²) in [4.78, 5) is 25.3. The number of ether oxygens (including phenoxy) is 2. The lowest BCUT2D eigenvalue weighted by Gasteiger charge is -2.19. The number of fused-ring (bicyclic) bond motifs is 1. The van der Waals surface area contributed by atoms with Gasteiger partial charge in [0.05, 0.1) is 41.1 Å². The monoisotopic (exact) mass is 616 g/mol. The van der Waals surface area contributed by atoms with Crippen molar-refractivity contribution in [2.24, 2.45) is 0 Å². The van der Waals surface area contributed by atoms with Gasteiger partial charge in [-0.25, -0.2) is 18.4 Å². The molecule has 0 radical (unpaired) electrons. The summed E-state index contributed by atoms with van der Waals surface area (Å²) in [6.07, 6.45) is 4.63. The Balaban J connectivity index is 1.53. The Bertz CT molecular complexity index is 1660. The van der Waals surface area contributed by atoms with E-state index in [-0.39, 0.29) is 40.1 Å². The zero-order valence-corrected chi connectivity index (χ0v) is 25.2. The molecule has 1 saturated carbocycles. The van der Waals surface area contributed by atoms with Gasteiger partial charge in [0.1, 0.15) is 5.60 Å². The first-order valence-electron chi connectivity index (χ1n) is 13.6. The first kappa shape index (κ1) is 29.9. The fourth-order valence-electron chi connectivity index (χ4n) is 4.65. The standard InChI is InChI=1S/C30H31ClF2N4O4S/c1-5-40-28(38)19-7-6-8-22(23(19)32)42-27-20-11-12-21(31)24(33)26(20)37(25(27)17-9-10-17)18-15-35-36(16-18)14-13-34-29(39)41-30(2,3)4/h6-8,11-12,15-17H,5,9-10,13-14H2,1-4H3,(H,34,39). The fraction of sp³-hybridized carbons (Fsp3) is 0.367. The predicted octanol–water partition coefficient (Wildman–Crippen LogP) is 7.49.